The summed E-state index contributed by atoms with van der Waals surface area (Å²) in [5.41, 5.74) is -0.896. The second-order valence-corrected chi connectivity index (χ2v) is 7.16. The van der Waals surface area contributed by atoms with Crippen LogP contribution >= 0.6 is 0 Å². The zero-order chi connectivity index (χ0) is 22.4. The number of nitro groups is 1. The Kier molecular flexibility index (Phi) is 7.93. The number of pyridine rings is 1. The van der Waals surface area contributed by atoms with Gasteiger partial charge in [-0.1, -0.05) is 6.58 Å². The topological polar surface area (TPSA) is 127 Å². The molecule has 1 N–H and O–H groups in total. The minimum Gasteiger partial charge on any atom is -0.476 e. The molecule has 1 aromatic heterocycles. The lowest BCUT2D eigenvalue weighted by molar-refractivity contribution is -0.386. The van der Waals surface area contributed by atoms with Gasteiger partial charge in [-0.15, -0.1) is 0 Å². The SMILES string of the molecule is C=CC(=O)Nc1cc([N+](=O)[O-])c(OC)nc1N(C)CCN(C)C(=O)OC(C)(C)C. The Morgan fingerprint density at radius 3 is 2.45 bits per heavy atom. The van der Waals surface area contributed by atoms with E-state index in [-0.39, 0.29) is 23.9 Å². The number of nitrogens with one attached hydrogen (secondary N) is 1. The van der Waals surface area contributed by atoms with E-state index in [1.807, 2.05) is 0 Å². The van der Waals surface area contributed by atoms with Crippen LogP contribution in [0.2, 0.25) is 0 Å². The molecule has 0 spiro atoms. The number of methoxy groups -OCH3 is 1. The molecule has 0 unspecified atom stereocenters. The van der Waals surface area contributed by atoms with Gasteiger partial charge in [0.2, 0.25) is 5.91 Å². The molecule has 0 radical (unpaired) electrons. The van der Waals surface area contributed by atoms with Crippen LogP contribution in [0.25, 0.3) is 0 Å². The molecule has 11 heteroatoms. The van der Waals surface area contributed by atoms with Crippen molar-refractivity contribution in [1.29, 1.82) is 0 Å². The maximum Gasteiger partial charge on any atom is 0.410 e. The van der Waals surface area contributed by atoms with E-state index in [1.54, 1.807) is 39.8 Å². The fourth-order valence-corrected chi connectivity index (χ4v) is 2.16. The van der Waals surface area contributed by atoms with Crippen LogP contribution in [0.5, 0.6) is 5.88 Å². The molecule has 1 aromatic rings. The van der Waals surface area contributed by atoms with Gasteiger partial charge in [-0.3, -0.25) is 14.9 Å². The highest BCUT2D eigenvalue weighted by Crippen LogP contribution is 2.34. The van der Waals surface area contributed by atoms with E-state index in [4.69, 9.17) is 9.47 Å². The van der Waals surface area contributed by atoms with Gasteiger partial charge < -0.3 is 24.6 Å². The molecule has 11 nitrogen and oxygen atoms in total. The molecular formula is C18H27N5O6. The van der Waals surface area contributed by atoms with Crippen LogP contribution in [-0.2, 0) is 9.53 Å². The van der Waals surface area contributed by atoms with Gasteiger partial charge in [0.1, 0.15) is 5.60 Å². The van der Waals surface area contributed by atoms with E-state index in [9.17, 15) is 19.7 Å². The normalized spacial score (nSPS) is 10.7. The Balaban J connectivity index is 3.09. The van der Waals surface area contributed by atoms with Crippen molar-refractivity contribution in [2.45, 2.75) is 26.4 Å². The highest BCUT2D eigenvalue weighted by atomic mass is 16.6. The first-order valence-corrected chi connectivity index (χ1v) is 8.71. The van der Waals surface area contributed by atoms with Crippen molar-refractivity contribution in [3.05, 3.63) is 28.8 Å². The Labute approximate surface area is 169 Å². The Morgan fingerprint density at radius 1 is 1.34 bits per heavy atom. The number of rotatable bonds is 8. The van der Waals surface area contributed by atoms with Crippen molar-refractivity contribution in [2.24, 2.45) is 0 Å². The summed E-state index contributed by atoms with van der Waals surface area (Å²) in [4.78, 5) is 41.6. The summed E-state index contributed by atoms with van der Waals surface area (Å²) in [6, 6.07) is 1.16. The number of carbonyl (C=O) groups is 2. The number of nitrogens with zero attached hydrogens (tertiary/aromatic N) is 4. The third-order valence-electron chi connectivity index (χ3n) is 3.62. The smallest absolute Gasteiger partial charge is 0.410 e. The molecule has 0 saturated heterocycles. The summed E-state index contributed by atoms with van der Waals surface area (Å²) in [5, 5.41) is 13.8. The summed E-state index contributed by atoms with van der Waals surface area (Å²) in [5.74, 6) is -0.513. The van der Waals surface area contributed by atoms with Crippen molar-refractivity contribution < 1.29 is 24.0 Å². The van der Waals surface area contributed by atoms with E-state index < -0.39 is 28.2 Å². The second-order valence-electron chi connectivity index (χ2n) is 7.16. The van der Waals surface area contributed by atoms with E-state index in [2.05, 4.69) is 16.9 Å². The maximum absolute atomic E-state index is 12.1. The lowest BCUT2D eigenvalue weighted by Gasteiger charge is -2.27. The molecule has 0 aliphatic heterocycles. The number of likely N-dealkylation sites (N-methyl/N-ethyl adjacent to an activating group) is 2. The number of amides is 2. The summed E-state index contributed by atoms with van der Waals surface area (Å²) < 4.78 is 10.3. The van der Waals surface area contributed by atoms with Crippen LogP contribution in [0.4, 0.5) is 22.0 Å². The summed E-state index contributed by atoms with van der Waals surface area (Å²) >= 11 is 0. The third kappa shape index (κ3) is 6.94. The molecule has 0 saturated carbocycles. The van der Waals surface area contributed by atoms with Crippen LogP contribution in [0.1, 0.15) is 20.8 Å². The average Bonchev–Trinajstić information content (AvgIpc) is 2.63. The first-order chi connectivity index (χ1) is 13.4. The lowest BCUT2D eigenvalue weighted by atomic mass is 10.2. The van der Waals surface area contributed by atoms with Gasteiger partial charge in [0, 0.05) is 33.3 Å². The number of hydrogen-bond donors (Lipinski definition) is 1. The molecule has 0 aliphatic carbocycles. The van der Waals surface area contributed by atoms with Crippen LogP contribution in [0, 0.1) is 10.1 Å². The van der Waals surface area contributed by atoms with Crippen molar-refractivity contribution in [1.82, 2.24) is 9.88 Å². The van der Waals surface area contributed by atoms with E-state index in [0.29, 0.717) is 6.54 Å². The molecule has 0 fully saturated rings. The van der Waals surface area contributed by atoms with Gasteiger partial charge in [0.25, 0.3) is 5.88 Å². The molecule has 1 rings (SSSR count). The largest absolute Gasteiger partial charge is 0.476 e. The number of hydrogen-bond acceptors (Lipinski definition) is 8. The first kappa shape index (κ1) is 23.7. The van der Waals surface area contributed by atoms with Crippen molar-refractivity contribution in [3.8, 4) is 5.88 Å². The lowest BCUT2D eigenvalue weighted by Crippen LogP contribution is -2.38. The Bertz CT molecular complexity index is 790. The quantitative estimate of drug-likeness (QED) is 0.394. The van der Waals surface area contributed by atoms with E-state index in [1.165, 1.54) is 12.0 Å². The number of anilines is 2. The van der Waals surface area contributed by atoms with Gasteiger partial charge in [-0.05, 0) is 26.8 Å². The fraction of sp³-hybridized carbons (Fsp3) is 0.500. The monoisotopic (exact) mass is 409 g/mol. The van der Waals surface area contributed by atoms with Crippen LogP contribution in [0.15, 0.2) is 18.7 Å². The number of ether oxygens (including phenoxy) is 2. The van der Waals surface area contributed by atoms with Crippen molar-refractivity contribution in [3.63, 3.8) is 0 Å². The second kappa shape index (κ2) is 9.71. The van der Waals surface area contributed by atoms with Crippen LogP contribution < -0.4 is 15.0 Å². The molecule has 0 aromatic carbocycles. The zero-order valence-corrected chi connectivity index (χ0v) is 17.5. The van der Waals surface area contributed by atoms with E-state index in [0.717, 1.165) is 12.1 Å². The first-order valence-electron chi connectivity index (χ1n) is 8.71. The van der Waals surface area contributed by atoms with Crippen LogP contribution in [0.3, 0.4) is 0 Å². The predicted octanol–water partition coefficient (Wildman–Crippen LogP) is 2.43. The standard InChI is InChI=1S/C18H27N5O6/c1-8-14(24)19-12-11-13(23(26)27)16(28-7)20-15(12)21(5)9-10-22(6)17(25)29-18(2,3)4/h8,11H,1,9-10H2,2-7H3,(H,19,24). The van der Waals surface area contributed by atoms with Crippen LogP contribution in [-0.4, -0.2) is 66.7 Å². The minimum atomic E-state index is -0.657. The van der Waals surface area contributed by atoms with Gasteiger partial charge >= 0.3 is 11.8 Å². The third-order valence-corrected chi connectivity index (χ3v) is 3.62. The van der Waals surface area contributed by atoms with Gasteiger partial charge in [0.15, 0.2) is 5.82 Å². The molecule has 160 valence electrons. The molecule has 1 heterocycles. The molecular weight excluding hydrogens is 382 g/mol. The summed E-state index contributed by atoms with van der Waals surface area (Å²) in [6.07, 6.45) is 0.552. The van der Waals surface area contributed by atoms with Crippen molar-refractivity contribution >= 4 is 29.2 Å². The number of carbonyl (C=O) groups excluding carboxylic acids is 2. The van der Waals surface area contributed by atoms with Gasteiger partial charge in [-0.2, -0.15) is 4.98 Å². The molecule has 0 bridgehead atoms. The Hall–Kier alpha value is -3.37. The predicted molar refractivity (Wildman–Crippen MR) is 108 cm³/mol. The molecule has 0 aliphatic rings. The Morgan fingerprint density at radius 2 is 1.97 bits per heavy atom. The number of aromatic nitrogens is 1. The summed E-state index contributed by atoms with van der Waals surface area (Å²) in [7, 11) is 4.52. The van der Waals surface area contributed by atoms with Gasteiger partial charge in [-0.25, -0.2) is 4.79 Å². The minimum absolute atomic E-state index is 0.116. The van der Waals surface area contributed by atoms with Gasteiger partial charge in [0.05, 0.1) is 17.7 Å². The zero-order valence-electron chi connectivity index (χ0n) is 17.5. The maximum atomic E-state index is 12.1. The summed E-state index contributed by atoms with van der Waals surface area (Å²) in [6.45, 7) is 9.26. The molecule has 2 amide bonds. The van der Waals surface area contributed by atoms with E-state index >= 15 is 0 Å². The molecule has 0 atom stereocenters. The highest BCUT2D eigenvalue weighted by molar-refractivity contribution is 6.01. The van der Waals surface area contributed by atoms with Crippen molar-refractivity contribution in [2.75, 3.05) is 44.5 Å². The fourth-order valence-electron chi connectivity index (χ4n) is 2.16. The molecule has 29 heavy (non-hydrogen) atoms. The average molecular weight is 409 g/mol. The highest BCUT2D eigenvalue weighted by Gasteiger charge is 2.24.